The minimum Gasteiger partial charge on any atom is -0.478 e. The molecular formula is C11H8FNO3S. The van der Waals surface area contributed by atoms with E-state index in [4.69, 9.17) is 9.52 Å². The molecule has 0 unspecified atom stereocenters. The zero-order chi connectivity index (χ0) is 12.4. The molecule has 0 aliphatic heterocycles. The number of carbonyl (C=O) groups is 1. The first-order valence-corrected chi connectivity index (χ1v) is 5.50. The van der Waals surface area contributed by atoms with Crippen molar-refractivity contribution in [1.29, 1.82) is 0 Å². The summed E-state index contributed by atoms with van der Waals surface area (Å²) in [6.45, 7) is 1.76. The molecule has 0 aliphatic rings. The number of rotatable bonds is 3. The van der Waals surface area contributed by atoms with Crippen LogP contribution in [0, 0.1) is 12.7 Å². The number of pyridine rings is 1. The Hall–Kier alpha value is -1.82. The lowest BCUT2D eigenvalue weighted by Gasteiger charge is -2.03. The van der Waals surface area contributed by atoms with Crippen molar-refractivity contribution in [3.8, 4) is 0 Å². The molecule has 0 radical (unpaired) electrons. The molecule has 2 heterocycles. The molecule has 0 aromatic carbocycles. The van der Waals surface area contributed by atoms with Crippen LogP contribution in [0.2, 0.25) is 0 Å². The maximum atomic E-state index is 12.9. The number of hydrogen-bond acceptors (Lipinski definition) is 4. The summed E-state index contributed by atoms with van der Waals surface area (Å²) < 4.78 is 18.0. The molecule has 0 fully saturated rings. The van der Waals surface area contributed by atoms with Gasteiger partial charge in [0.1, 0.15) is 16.6 Å². The van der Waals surface area contributed by atoms with Gasteiger partial charge in [0, 0.05) is 0 Å². The average Bonchev–Trinajstić information content (AvgIpc) is 2.67. The van der Waals surface area contributed by atoms with Gasteiger partial charge in [-0.05, 0) is 19.1 Å². The van der Waals surface area contributed by atoms with Gasteiger partial charge in [-0.2, -0.15) is 0 Å². The normalized spacial score (nSPS) is 10.5. The molecule has 0 bridgehead atoms. The van der Waals surface area contributed by atoms with Gasteiger partial charge in [-0.3, -0.25) is 0 Å². The molecule has 0 aliphatic carbocycles. The van der Waals surface area contributed by atoms with Crippen molar-refractivity contribution in [2.24, 2.45) is 0 Å². The molecule has 2 aromatic heterocycles. The van der Waals surface area contributed by atoms with E-state index in [0.717, 1.165) is 28.9 Å². The Morgan fingerprint density at radius 2 is 2.35 bits per heavy atom. The van der Waals surface area contributed by atoms with Crippen molar-refractivity contribution in [1.82, 2.24) is 4.98 Å². The Kier molecular flexibility index (Phi) is 3.14. The first-order valence-electron chi connectivity index (χ1n) is 4.68. The fourth-order valence-electron chi connectivity index (χ4n) is 1.24. The molecule has 0 saturated carbocycles. The molecule has 0 amide bonds. The Balaban J connectivity index is 2.39. The minimum atomic E-state index is -1.21. The molecule has 6 heteroatoms. The average molecular weight is 253 g/mol. The van der Waals surface area contributed by atoms with Gasteiger partial charge in [-0.15, -0.1) is 0 Å². The highest BCUT2D eigenvalue weighted by atomic mass is 32.2. The van der Waals surface area contributed by atoms with E-state index in [1.807, 2.05) is 0 Å². The van der Waals surface area contributed by atoms with Crippen molar-refractivity contribution in [2.45, 2.75) is 16.8 Å². The first-order chi connectivity index (χ1) is 8.08. The summed E-state index contributed by atoms with van der Waals surface area (Å²) in [5.41, 5.74) is -0.157. The molecule has 4 nitrogen and oxygen atoms in total. The lowest BCUT2D eigenvalue weighted by Crippen LogP contribution is -2.01. The molecular weight excluding hydrogens is 245 g/mol. The van der Waals surface area contributed by atoms with Crippen molar-refractivity contribution < 1.29 is 18.7 Å². The maximum absolute atomic E-state index is 12.9. The van der Waals surface area contributed by atoms with E-state index in [0.29, 0.717) is 5.76 Å². The van der Waals surface area contributed by atoms with Crippen LogP contribution in [0.25, 0.3) is 0 Å². The van der Waals surface area contributed by atoms with E-state index >= 15 is 0 Å². The highest BCUT2D eigenvalue weighted by Crippen LogP contribution is 2.31. The number of aromatic nitrogens is 1. The summed E-state index contributed by atoms with van der Waals surface area (Å²) in [6.07, 6.45) is 2.49. The van der Waals surface area contributed by atoms with Gasteiger partial charge in [-0.25, -0.2) is 14.2 Å². The predicted octanol–water partition coefficient (Wildman–Crippen LogP) is 2.97. The second kappa shape index (κ2) is 4.58. The number of halogens is 1. The second-order valence-corrected chi connectivity index (χ2v) is 4.29. The summed E-state index contributed by atoms with van der Waals surface area (Å²) >= 11 is 1.13. The van der Waals surface area contributed by atoms with Crippen LogP contribution in [0.4, 0.5) is 4.39 Å². The molecule has 88 valence electrons. The largest absolute Gasteiger partial charge is 0.478 e. The standard InChI is InChI=1S/C11H8FNO3S/c1-6-9(2-3-16-6)17-10-8(11(14)15)4-7(12)5-13-10/h2-5H,1H3,(H,14,15). The van der Waals surface area contributed by atoms with Crippen molar-refractivity contribution >= 4 is 17.7 Å². The molecule has 0 spiro atoms. The van der Waals surface area contributed by atoms with Crippen molar-refractivity contribution in [3.63, 3.8) is 0 Å². The third kappa shape index (κ3) is 2.47. The summed E-state index contributed by atoms with van der Waals surface area (Å²) in [5.74, 6) is -1.21. The van der Waals surface area contributed by atoms with Gasteiger partial charge in [0.25, 0.3) is 0 Å². The van der Waals surface area contributed by atoms with E-state index in [-0.39, 0.29) is 10.6 Å². The van der Waals surface area contributed by atoms with E-state index in [9.17, 15) is 9.18 Å². The van der Waals surface area contributed by atoms with E-state index in [1.165, 1.54) is 6.26 Å². The molecule has 2 rings (SSSR count). The number of carboxylic acid groups (broad SMARTS) is 1. The van der Waals surface area contributed by atoms with Gasteiger partial charge >= 0.3 is 5.97 Å². The van der Waals surface area contributed by atoms with Crippen LogP contribution in [0.3, 0.4) is 0 Å². The summed E-state index contributed by atoms with van der Waals surface area (Å²) in [6, 6.07) is 2.66. The highest BCUT2D eigenvalue weighted by Gasteiger charge is 2.15. The number of aromatic carboxylic acids is 1. The van der Waals surface area contributed by atoms with Gasteiger partial charge in [0.2, 0.25) is 0 Å². The molecule has 1 N–H and O–H groups in total. The lowest BCUT2D eigenvalue weighted by molar-refractivity contribution is 0.0691. The Morgan fingerprint density at radius 3 is 2.94 bits per heavy atom. The fraction of sp³-hybridized carbons (Fsp3) is 0.0909. The third-order valence-electron chi connectivity index (χ3n) is 2.07. The van der Waals surface area contributed by atoms with Gasteiger partial charge in [0.15, 0.2) is 0 Å². The van der Waals surface area contributed by atoms with Gasteiger partial charge in [0.05, 0.1) is 22.9 Å². The van der Waals surface area contributed by atoms with Crippen LogP contribution in [-0.2, 0) is 0 Å². The van der Waals surface area contributed by atoms with Crippen molar-refractivity contribution in [2.75, 3.05) is 0 Å². The third-order valence-corrected chi connectivity index (χ3v) is 3.23. The number of furan rings is 1. The SMILES string of the molecule is Cc1occc1Sc1ncc(F)cc1C(=O)O. The maximum Gasteiger partial charge on any atom is 0.338 e. The highest BCUT2D eigenvalue weighted by molar-refractivity contribution is 7.99. The van der Waals surface area contributed by atoms with Crippen LogP contribution >= 0.6 is 11.8 Å². The Morgan fingerprint density at radius 1 is 1.59 bits per heavy atom. The minimum absolute atomic E-state index is 0.157. The predicted molar refractivity (Wildman–Crippen MR) is 58.7 cm³/mol. The van der Waals surface area contributed by atoms with Crippen LogP contribution in [0.1, 0.15) is 16.1 Å². The number of aryl methyl sites for hydroxylation is 1. The number of carboxylic acids is 1. The van der Waals surface area contributed by atoms with E-state index in [1.54, 1.807) is 13.0 Å². The fourth-order valence-corrected chi connectivity index (χ4v) is 2.13. The van der Waals surface area contributed by atoms with Crippen molar-refractivity contribution in [3.05, 3.63) is 41.7 Å². The zero-order valence-electron chi connectivity index (χ0n) is 8.81. The summed E-state index contributed by atoms with van der Waals surface area (Å²) in [7, 11) is 0. The monoisotopic (exact) mass is 253 g/mol. The van der Waals surface area contributed by atoms with Crippen LogP contribution in [0.5, 0.6) is 0 Å². The summed E-state index contributed by atoms with van der Waals surface area (Å²) in [4.78, 5) is 15.5. The zero-order valence-corrected chi connectivity index (χ0v) is 9.62. The smallest absolute Gasteiger partial charge is 0.338 e. The molecule has 2 aromatic rings. The molecule has 17 heavy (non-hydrogen) atoms. The van der Waals surface area contributed by atoms with E-state index < -0.39 is 11.8 Å². The molecule has 0 saturated heterocycles. The topological polar surface area (TPSA) is 63.3 Å². The van der Waals surface area contributed by atoms with Crippen LogP contribution < -0.4 is 0 Å². The number of nitrogens with zero attached hydrogens (tertiary/aromatic N) is 1. The molecule has 0 atom stereocenters. The van der Waals surface area contributed by atoms with Gasteiger partial charge in [-0.1, -0.05) is 11.8 Å². The number of hydrogen-bond donors (Lipinski definition) is 1. The van der Waals surface area contributed by atoms with Gasteiger partial charge < -0.3 is 9.52 Å². The van der Waals surface area contributed by atoms with Crippen LogP contribution in [-0.4, -0.2) is 16.1 Å². The Bertz CT molecular complexity index is 568. The van der Waals surface area contributed by atoms with Crippen LogP contribution in [0.15, 0.2) is 38.9 Å². The second-order valence-electron chi connectivity index (χ2n) is 3.25. The first kappa shape index (κ1) is 11.7. The Labute approximate surface area is 100 Å². The quantitative estimate of drug-likeness (QED) is 0.911. The summed E-state index contributed by atoms with van der Waals surface area (Å²) in [5, 5.41) is 9.18. The lowest BCUT2D eigenvalue weighted by atomic mass is 10.3. The van der Waals surface area contributed by atoms with E-state index in [2.05, 4.69) is 4.98 Å².